The van der Waals surface area contributed by atoms with E-state index in [1.54, 1.807) is 7.05 Å². The molecule has 4 aromatic carbocycles. The molecular formula is C26H22N4O2. The average Bonchev–Trinajstić information content (AvgIpc) is 3.16. The highest BCUT2D eigenvalue weighted by atomic mass is 16.5. The third-order valence-corrected chi connectivity index (χ3v) is 5.64. The van der Waals surface area contributed by atoms with E-state index in [1.807, 2.05) is 55.5 Å². The topological polar surface area (TPSA) is 61.9 Å². The Bertz CT molecular complexity index is 1470. The van der Waals surface area contributed by atoms with Crippen LogP contribution in [0.2, 0.25) is 0 Å². The second-order valence-electron chi connectivity index (χ2n) is 7.75. The van der Waals surface area contributed by atoms with Gasteiger partial charge in [-0.05, 0) is 69.1 Å². The first-order valence-corrected chi connectivity index (χ1v) is 10.4. The Balaban J connectivity index is 1.42. The first-order valence-electron chi connectivity index (χ1n) is 10.4. The summed E-state index contributed by atoms with van der Waals surface area (Å²) in [7, 11) is 1.58. The number of aryl methyl sites for hydroxylation is 2. The summed E-state index contributed by atoms with van der Waals surface area (Å²) < 4.78 is 8.65. The lowest BCUT2D eigenvalue weighted by Crippen LogP contribution is -2.23. The lowest BCUT2D eigenvalue weighted by molar-refractivity contribution is 0.305. The molecule has 32 heavy (non-hydrogen) atoms. The molecule has 0 fully saturated rings. The highest BCUT2D eigenvalue weighted by Gasteiger charge is 2.13. The van der Waals surface area contributed by atoms with Crippen molar-refractivity contribution in [1.82, 2.24) is 19.8 Å². The zero-order valence-corrected chi connectivity index (χ0v) is 17.9. The van der Waals surface area contributed by atoms with Gasteiger partial charge in [-0.3, -0.25) is 0 Å². The van der Waals surface area contributed by atoms with E-state index in [0.717, 1.165) is 27.6 Å². The van der Waals surface area contributed by atoms with Crippen LogP contribution >= 0.6 is 0 Å². The molecule has 5 aromatic rings. The fourth-order valence-electron chi connectivity index (χ4n) is 3.82. The summed E-state index contributed by atoms with van der Waals surface area (Å²) in [5.74, 6) is 0.769. The molecule has 1 heterocycles. The molecule has 0 unspecified atom stereocenters. The molecule has 5 rings (SSSR count). The summed E-state index contributed by atoms with van der Waals surface area (Å²) in [5.41, 5.74) is 4.68. The number of rotatable bonds is 5. The number of hydrogen-bond donors (Lipinski definition) is 0. The Labute approximate surface area is 185 Å². The summed E-state index contributed by atoms with van der Waals surface area (Å²) in [6, 6.07) is 28.6. The van der Waals surface area contributed by atoms with E-state index in [-0.39, 0.29) is 5.69 Å². The Morgan fingerprint density at radius 2 is 1.59 bits per heavy atom. The SMILES string of the molecule is Cc1cccc(-n2nnn(C)c2=O)c1COc1ccc2cc(-c3ccccc3)ccc2c1. The predicted octanol–water partition coefficient (Wildman–Crippen LogP) is 4.67. The molecule has 0 aliphatic rings. The first kappa shape index (κ1) is 19.8. The van der Waals surface area contributed by atoms with Gasteiger partial charge >= 0.3 is 5.69 Å². The molecule has 0 saturated carbocycles. The van der Waals surface area contributed by atoms with E-state index >= 15 is 0 Å². The molecule has 0 spiro atoms. The minimum Gasteiger partial charge on any atom is -0.489 e. The van der Waals surface area contributed by atoms with Crippen molar-refractivity contribution in [1.29, 1.82) is 0 Å². The quantitative estimate of drug-likeness (QED) is 0.413. The van der Waals surface area contributed by atoms with Crippen LogP contribution in [-0.2, 0) is 13.7 Å². The first-order chi connectivity index (χ1) is 15.6. The van der Waals surface area contributed by atoms with Gasteiger partial charge in [-0.2, -0.15) is 9.36 Å². The molecule has 158 valence electrons. The minimum absolute atomic E-state index is 0.295. The van der Waals surface area contributed by atoms with E-state index in [9.17, 15) is 4.79 Å². The zero-order chi connectivity index (χ0) is 22.1. The number of hydrogen-bond acceptors (Lipinski definition) is 4. The van der Waals surface area contributed by atoms with Crippen molar-refractivity contribution in [2.45, 2.75) is 13.5 Å². The van der Waals surface area contributed by atoms with Crippen LogP contribution in [0.4, 0.5) is 0 Å². The normalized spacial score (nSPS) is 11.1. The molecule has 0 amide bonds. The molecule has 0 aliphatic heterocycles. The number of benzene rings is 4. The van der Waals surface area contributed by atoms with Gasteiger partial charge < -0.3 is 4.74 Å². The van der Waals surface area contributed by atoms with Gasteiger partial charge in [0, 0.05) is 12.6 Å². The van der Waals surface area contributed by atoms with Crippen LogP contribution in [0.1, 0.15) is 11.1 Å². The van der Waals surface area contributed by atoms with Crippen LogP contribution in [0, 0.1) is 6.92 Å². The van der Waals surface area contributed by atoms with Crippen molar-refractivity contribution >= 4 is 10.8 Å². The molecule has 0 atom stereocenters. The summed E-state index contributed by atoms with van der Waals surface area (Å²) in [4.78, 5) is 12.3. The van der Waals surface area contributed by atoms with E-state index in [4.69, 9.17) is 4.74 Å². The van der Waals surface area contributed by atoms with E-state index in [1.165, 1.54) is 20.5 Å². The van der Waals surface area contributed by atoms with Gasteiger partial charge in [-0.25, -0.2) is 4.79 Å². The molecule has 0 N–H and O–H groups in total. The van der Waals surface area contributed by atoms with Crippen LogP contribution in [0.25, 0.3) is 27.6 Å². The number of ether oxygens (including phenoxy) is 1. The highest BCUT2D eigenvalue weighted by Crippen LogP contribution is 2.28. The Morgan fingerprint density at radius 3 is 2.38 bits per heavy atom. The lowest BCUT2D eigenvalue weighted by Gasteiger charge is -2.13. The van der Waals surface area contributed by atoms with Crippen LogP contribution in [-0.4, -0.2) is 19.8 Å². The molecular weight excluding hydrogens is 400 g/mol. The maximum atomic E-state index is 12.3. The van der Waals surface area contributed by atoms with Gasteiger partial charge in [0.25, 0.3) is 0 Å². The number of fused-ring (bicyclic) bond motifs is 1. The third kappa shape index (κ3) is 3.67. The second kappa shape index (κ2) is 8.15. The van der Waals surface area contributed by atoms with Gasteiger partial charge in [0.1, 0.15) is 12.4 Å². The number of nitrogens with zero attached hydrogens (tertiary/aromatic N) is 4. The van der Waals surface area contributed by atoms with Crippen molar-refractivity contribution in [2.24, 2.45) is 7.05 Å². The fraction of sp³-hybridized carbons (Fsp3) is 0.115. The van der Waals surface area contributed by atoms with E-state index in [0.29, 0.717) is 12.3 Å². The van der Waals surface area contributed by atoms with Crippen LogP contribution in [0.5, 0.6) is 5.75 Å². The lowest BCUT2D eigenvalue weighted by atomic mass is 10.0. The maximum Gasteiger partial charge on any atom is 0.368 e. The van der Waals surface area contributed by atoms with Crippen molar-refractivity contribution in [3.8, 4) is 22.6 Å². The van der Waals surface area contributed by atoms with E-state index < -0.39 is 0 Å². The smallest absolute Gasteiger partial charge is 0.368 e. The molecule has 0 radical (unpaired) electrons. The standard InChI is InChI=1S/C26H22N4O2/c1-18-7-6-10-25(30-26(31)29(2)27-28-30)24(18)17-32-23-14-13-21-15-20(11-12-22(21)16-23)19-8-4-3-5-9-19/h3-16H,17H2,1-2H3. The van der Waals surface area contributed by atoms with E-state index in [2.05, 4.69) is 46.8 Å². The summed E-state index contributed by atoms with van der Waals surface area (Å²) in [6.45, 7) is 2.31. The van der Waals surface area contributed by atoms with Gasteiger partial charge in [-0.1, -0.05) is 60.7 Å². The summed E-state index contributed by atoms with van der Waals surface area (Å²) in [5, 5.41) is 10.1. The molecule has 6 nitrogen and oxygen atoms in total. The van der Waals surface area contributed by atoms with Crippen molar-refractivity contribution in [2.75, 3.05) is 0 Å². The Morgan fingerprint density at radius 1 is 0.812 bits per heavy atom. The number of aromatic nitrogens is 4. The summed E-state index contributed by atoms with van der Waals surface area (Å²) >= 11 is 0. The fourth-order valence-corrected chi connectivity index (χ4v) is 3.82. The molecule has 0 bridgehead atoms. The molecule has 0 aliphatic carbocycles. The van der Waals surface area contributed by atoms with Gasteiger partial charge in [0.2, 0.25) is 0 Å². The van der Waals surface area contributed by atoms with Crippen molar-refractivity contribution in [3.63, 3.8) is 0 Å². The van der Waals surface area contributed by atoms with Crippen LogP contribution < -0.4 is 10.4 Å². The van der Waals surface area contributed by atoms with Gasteiger partial charge in [0.05, 0.1) is 5.69 Å². The van der Waals surface area contributed by atoms with Crippen molar-refractivity contribution in [3.05, 3.63) is 107 Å². The molecule has 1 aromatic heterocycles. The van der Waals surface area contributed by atoms with Gasteiger partial charge in [-0.15, -0.1) is 0 Å². The summed E-state index contributed by atoms with van der Waals surface area (Å²) in [6.07, 6.45) is 0. The van der Waals surface area contributed by atoms with Crippen LogP contribution in [0.15, 0.2) is 89.7 Å². The maximum absolute atomic E-state index is 12.3. The Hall–Kier alpha value is -4.19. The minimum atomic E-state index is -0.295. The monoisotopic (exact) mass is 422 g/mol. The third-order valence-electron chi connectivity index (χ3n) is 5.64. The van der Waals surface area contributed by atoms with Crippen LogP contribution in [0.3, 0.4) is 0 Å². The highest BCUT2D eigenvalue weighted by molar-refractivity contribution is 5.88. The number of tetrazole rings is 1. The molecule has 6 heteroatoms. The van der Waals surface area contributed by atoms with Gasteiger partial charge in [0.15, 0.2) is 0 Å². The largest absolute Gasteiger partial charge is 0.489 e. The zero-order valence-electron chi connectivity index (χ0n) is 17.9. The Kier molecular flexibility index (Phi) is 5.03. The second-order valence-corrected chi connectivity index (χ2v) is 7.75. The predicted molar refractivity (Wildman–Crippen MR) is 125 cm³/mol. The average molecular weight is 422 g/mol. The molecule has 0 saturated heterocycles. The van der Waals surface area contributed by atoms with Crippen molar-refractivity contribution < 1.29 is 4.74 Å².